The number of thiocarbonyl (C=S) groups is 1. The Balaban J connectivity index is 2.30. The van der Waals surface area contributed by atoms with Gasteiger partial charge in [-0.1, -0.05) is 24.4 Å². The number of halogens is 1. The van der Waals surface area contributed by atoms with Crippen molar-refractivity contribution in [2.45, 2.75) is 6.92 Å². The van der Waals surface area contributed by atoms with Crippen LogP contribution in [0.4, 0.5) is 5.69 Å². The van der Waals surface area contributed by atoms with Gasteiger partial charge >= 0.3 is 0 Å². The molecule has 0 aliphatic heterocycles. The average molecular weight is 350 g/mol. The summed E-state index contributed by atoms with van der Waals surface area (Å²) in [5.74, 6) is -0.305. The van der Waals surface area contributed by atoms with Gasteiger partial charge in [0.2, 0.25) is 0 Å². The third kappa shape index (κ3) is 3.20. The Labute approximate surface area is 130 Å². The van der Waals surface area contributed by atoms with Crippen molar-refractivity contribution in [3.05, 3.63) is 57.8 Å². The van der Waals surface area contributed by atoms with Crippen molar-refractivity contribution < 1.29 is 4.79 Å². The van der Waals surface area contributed by atoms with Crippen LogP contribution in [0.5, 0.6) is 0 Å². The van der Waals surface area contributed by atoms with Gasteiger partial charge in [-0.15, -0.1) is 0 Å². The fraction of sp³-hybridized carbons (Fsp3) is 0.0714. The van der Waals surface area contributed by atoms with Gasteiger partial charge in [-0.05, 0) is 46.6 Å². The Kier molecular flexibility index (Phi) is 4.46. The van der Waals surface area contributed by atoms with Crippen LogP contribution in [0.25, 0.3) is 0 Å². The highest BCUT2D eigenvalue weighted by Gasteiger charge is 2.13. The van der Waals surface area contributed by atoms with E-state index in [4.69, 9.17) is 18.0 Å². The van der Waals surface area contributed by atoms with Crippen LogP contribution >= 0.6 is 28.1 Å². The molecule has 20 heavy (non-hydrogen) atoms. The van der Waals surface area contributed by atoms with Gasteiger partial charge in [0.05, 0.1) is 5.69 Å². The van der Waals surface area contributed by atoms with Gasteiger partial charge in [0, 0.05) is 16.2 Å². The third-order valence-corrected chi connectivity index (χ3v) is 3.40. The van der Waals surface area contributed by atoms with Crippen molar-refractivity contribution in [3.8, 4) is 0 Å². The number of nitrogens with zero attached hydrogens (tertiary/aromatic N) is 1. The number of benzene rings is 1. The van der Waals surface area contributed by atoms with Gasteiger partial charge in [-0.3, -0.25) is 4.79 Å². The first-order valence-corrected chi connectivity index (χ1v) is 7.01. The minimum absolute atomic E-state index is 0.252. The summed E-state index contributed by atoms with van der Waals surface area (Å²) >= 11 is 8.30. The van der Waals surface area contributed by atoms with Crippen LogP contribution < -0.4 is 11.1 Å². The topological polar surface area (TPSA) is 68.0 Å². The number of amides is 1. The second-order valence-electron chi connectivity index (χ2n) is 4.18. The molecule has 0 aliphatic rings. The van der Waals surface area contributed by atoms with Crippen LogP contribution in [0.15, 0.2) is 41.0 Å². The van der Waals surface area contributed by atoms with Crippen molar-refractivity contribution in [1.29, 1.82) is 0 Å². The van der Waals surface area contributed by atoms with Gasteiger partial charge in [0.25, 0.3) is 5.91 Å². The molecule has 0 radical (unpaired) electrons. The molecule has 1 amide bonds. The maximum atomic E-state index is 12.1. The highest BCUT2D eigenvalue weighted by Crippen LogP contribution is 2.20. The van der Waals surface area contributed by atoms with E-state index in [9.17, 15) is 4.79 Å². The first-order chi connectivity index (χ1) is 9.49. The Hall–Kier alpha value is -1.79. The normalized spacial score (nSPS) is 10.1. The lowest BCUT2D eigenvalue weighted by molar-refractivity contribution is 0.102. The predicted octanol–water partition coefficient (Wildman–Crippen LogP) is 3.04. The minimum atomic E-state index is -0.305. The monoisotopic (exact) mass is 349 g/mol. The first-order valence-electron chi connectivity index (χ1n) is 5.81. The number of nitrogens with two attached hydrogens (primary N) is 1. The fourth-order valence-electron chi connectivity index (χ4n) is 1.80. The molecule has 3 N–H and O–H groups in total. The van der Waals surface area contributed by atoms with E-state index in [1.54, 1.807) is 24.4 Å². The summed E-state index contributed by atoms with van der Waals surface area (Å²) in [5.41, 5.74) is 8.21. The summed E-state index contributed by atoms with van der Waals surface area (Å²) in [5, 5.41) is 2.78. The lowest BCUT2D eigenvalue weighted by Gasteiger charge is -2.12. The number of aromatic nitrogens is 1. The summed E-state index contributed by atoms with van der Waals surface area (Å²) in [6.07, 6.45) is 1.57. The zero-order chi connectivity index (χ0) is 14.7. The molecule has 6 heteroatoms. The number of aryl methyl sites for hydroxylation is 1. The predicted molar refractivity (Wildman–Crippen MR) is 87.0 cm³/mol. The highest BCUT2D eigenvalue weighted by molar-refractivity contribution is 9.10. The third-order valence-electron chi connectivity index (χ3n) is 2.73. The van der Waals surface area contributed by atoms with Gasteiger partial charge < -0.3 is 11.1 Å². The van der Waals surface area contributed by atoms with Gasteiger partial charge in [-0.25, -0.2) is 4.98 Å². The Bertz CT molecular complexity index is 671. The minimum Gasteiger partial charge on any atom is -0.389 e. The molecule has 102 valence electrons. The van der Waals surface area contributed by atoms with E-state index < -0.39 is 0 Å². The second kappa shape index (κ2) is 6.11. The number of nitrogens with one attached hydrogen (secondary N) is 1. The van der Waals surface area contributed by atoms with Gasteiger partial charge in [0.1, 0.15) is 10.7 Å². The molecule has 1 heterocycles. The Morgan fingerprint density at radius 1 is 1.35 bits per heavy atom. The van der Waals surface area contributed by atoms with Gasteiger partial charge in [-0.2, -0.15) is 0 Å². The summed E-state index contributed by atoms with van der Waals surface area (Å²) in [4.78, 5) is 16.4. The van der Waals surface area contributed by atoms with Crippen LogP contribution in [0.2, 0.25) is 0 Å². The first kappa shape index (κ1) is 14.6. The molecular weight excluding hydrogens is 338 g/mol. The van der Waals surface area contributed by atoms with E-state index >= 15 is 0 Å². The molecule has 4 nitrogen and oxygen atoms in total. The van der Waals surface area contributed by atoms with Crippen LogP contribution in [0.3, 0.4) is 0 Å². The molecule has 0 saturated heterocycles. The fourth-order valence-corrected chi connectivity index (χ4v) is 2.30. The molecule has 1 aromatic heterocycles. The number of hydrogen-bond acceptors (Lipinski definition) is 3. The Morgan fingerprint density at radius 3 is 2.70 bits per heavy atom. The number of anilines is 1. The largest absolute Gasteiger partial charge is 0.389 e. The zero-order valence-electron chi connectivity index (χ0n) is 10.7. The van der Waals surface area contributed by atoms with E-state index in [2.05, 4.69) is 26.2 Å². The molecule has 0 atom stereocenters. The van der Waals surface area contributed by atoms with E-state index in [1.165, 1.54) is 0 Å². The average Bonchev–Trinajstić information content (AvgIpc) is 2.39. The summed E-state index contributed by atoms with van der Waals surface area (Å²) in [6, 6.07) is 8.88. The molecule has 0 bridgehead atoms. The second-order valence-corrected chi connectivity index (χ2v) is 5.53. The van der Waals surface area contributed by atoms with E-state index in [0.717, 1.165) is 10.0 Å². The van der Waals surface area contributed by atoms with Crippen molar-refractivity contribution in [2.75, 3.05) is 5.32 Å². The number of pyridine rings is 1. The number of rotatable bonds is 3. The number of carbonyl (C=O) groups excluding carboxylic acids is 1. The van der Waals surface area contributed by atoms with Crippen LogP contribution in [0, 0.1) is 6.92 Å². The lowest BCUT2D eigenvalue weighted by Crippen LogP contribution is -2.19. The molecule has 0 aliphatic carbocycles. The molecule has 0 unspecified atom stereocenters. The SMILES string of the molecule is Cc1cccc(NC(=O)c2ccc(Br)cn2)c1C(N)=S. The number of carbonyl (C=O) groups is 1. The molecular formula is C14H12BrN3OS. The lowest BCUT2D eigenvalue weighted by atomic mass is 10.1. The molecule has 0 spiro atoms. The van der Waals surface area contributed by atoms with E-state index in [1.807, 2.05) is 19.1 Å². The van der Waals surface area contributed by atoms with Crippen molar-refractivity contribution in [3.63, 3.8) is 0 Å². The Morgan fingerprint density at radius 2 is 2.10 bits per heavy atom. The van der Waals surface area contributed by atoms with Crippen molar-refractivity contribution in [2.24, 2.45) is 5.73 Å². The van der Waals surface area contributed by atoms with E-state index in [0.29, 0.717) is 16.9 Å². The molecule has 0 fully saturated rings. The summed E-state index contributed by atoms with van der Waals surface area (Å²) in [6.45, 7) is 1.89. The quantitative estimate of drug-likeness (QED) is 0.835. The van der Waals surface area contributed by atoms with Crippen molar-refractivity contribution in [1.82, 2.24) is 4.98 Å². The van der Waals surface area contributed by atoms with Crippen LogP contribution in [0.1, 0.15) is 21.6 Å². The van der Waals surface area contributed by atoms with Crippen LogP contribution in [-0.2, 0) is 0 Å². The zero-order valence-corrected chi connectivity index (χ0v) is 13.1. The molecule has 1 aromatic carbocycles. The van der Waals surface area contributed by atoms with Crippen molar-refractivity contribution >= 4 is 44.7 Å². The van der Waals surface area contributed by atoms with Gasteiger partial charge in [0.15, 0.2) is 0 Å². The summed E-state index contributed by atoms with van der Waals surface area (Å²) < 4.78 is 0.813. The maximum absolute atomic E-state index is 12.1. The highest BCUT2D eigenvalue weighted by atomic mass is 79.9. The smallest absolute Gasteiger partial charge is 0.274 e. The van der Waals surface area contributed by atoms with Crippen LogP contribution in [-0.4, -0.2) is 15.9 Å². The maximum Gasteiger partial charge on any atom is 0.274 e. The molecule has 2 aromatic rings. The number of hydrogen-bond donors (Lipinski definition) is 2. The molecule has 0 saturated carbocycles. The standard InChI is InChI=1S/C14H12BrN3OS/c1-8-3-2-4-10(12(8)13(16)20)18-14(19)11-6-5-9(15)7-17-11/h2-7H,1H3,(H2,16,20)(H,18,19). The summed E-state index contributed by atoms with van der Waals surface area (Å²) in [7, 11) is 0. The molecule has 2 rings (SSSR count). The van der Waals surface area contributed by atoms with E-state index in [-0.39, 0.29) is 10.9 Å².